The first-order valence-electron chi connectivity index (χ1n) is 9.92. The molecule has 5 nitrogen and oxygen atoms in total. The molecular formula is C25H22O5. The highest BCUT2D eigenvalue weighted by molar-refractivity contribution is 6.01. The fraction of sp³-hybridized carbons (Fsp3) is 0.200. The zero-order chi connectivity index (χ0) is 20.9. The fourth-order valence-corrected chi connectivity index (χ4v) is 3.56. The zero-order valence-electron chi connectivity index (χ0n) is 16.5. The van der Waals surface area contributed by atoms with E-state index in [1.807, 2.05) is 24.3 Å². The largest absolute Gasteiger partial charge is 0.489 e. The number of hydrogen-bond acceptors (Lipinski definition) is 4. The van der Waals surface area contributed by atoms with Gasteiger partial charge in [0.25, 0.3) is 0 Å². The van der Waals surface area contributed by atoms with Gasteiger partial charge in [0.05, 0.1) is 12.2 Å². The van der Waals surface area contributed by atoms with Crippen molar-refractivity contribution in [1.29, 1.82) is 0 Å². The standard InChI is InChI=1S/C25H22O5/c26-22-10-9-19-14-23(29-12-11-17-5-2-1-3-6-17)24(15-21(19)22)30-16-18-7-4-8-20(13-18)25(27)28/h1-8,13-15H,9-12,16H2,(H,27,28). The van der Waals surface area contributed by atoms with Crippen LogP contribution in [0.3, 0.4) is 0 Å². The normalized spacial score (nSPS) is 12.5. The smallest absolute Gasteiger partial charge is 0.335 e. The third-order valence-corrected chi connectivity index (χ3v) is 5.15. The van der Waals surface area contributed by atoms with E-state index in [0.717, 1.165) is 17.5 Å². The highest BCUT2D eigenvalue weighted by Crippen LogP contribution is 2.35. The average Bonchev–Trinajstić information content (AvgIpc) is 3.12. The molecule has 0 aliphatic heterocycles. The van der Waals surface area contributed by atoms with Crippen molar-refractivity contribution in [2.45, 2.75) is 25.9 Å². The van der Waals surface area contributed by atoms with Crippen LogP contribution in [0.25, 0.3) is 0 Å². The molecule has 0 saturated carbocycles. The number of carbonyl (C=O) groups excluding carboxylic acids is 1. The van der Waals surface area contributed by atoms with Gasteiger partial charge in [0.15, 0.2) is 17.3 Å². The van der Waals surface area contributed by atoms with Gasteiger partial charge in [0, 0.05) is 18.4 Å². The van der Waals surface area contributed by atoms with E-state index in [4.69, 9.17) is 14.6 Å². The summed E-state index contributed by atoms with van der Waals surface area (Å²) in [5, 5.41) is 9.17. The van der Waals surface area contributed by atoms with Gasteiger partial charge >= 0.3 is 5.97 Å². The lowest BCUT2D eigenvalue weighted by molar-refractivity contribution is 0.0696. The summed E-state index contributed by atoms with van der Waals surface area (Å²) in [6.45, 7) is 0.671. The summed E-state index contributed by atoms with van der Waals surface area (Å²) in [7, 11) is 0. The van der Waals surface area contributed by atoms with Crippen LogP contribution in [0.4, 0.5) is 0 Å². The molecule has 152 valence electrons. The maximum atomic E-state index is 12.2. The van der Waals surface area contributed by atoms with Gasteiger partial charge in [-0.3, -0.25) is 4.79 Å². The van der Waals surface area contributed by atoms with E-state index in [0.29, 0.717) is 36.5 Å². The number of Topliss-reactive ketones (excluding diaryl/α,β-unsaturated/α-hetero) is 1. The van der Waals surface area contributed by atoms with Crippen molar-refractivity contribution in [3.63, 3.8) is 0 Å². The third-order valence-electron chi connectivity index (χ3n) is 5.15. The minimum Gasteiger partial charge on any atom is -0.489 e. The number of fused-ring (bicyclic) bond motifs is 1. The van der Waals surface area contributed by atoms with Crippen LogP contribution in [-0.4, -0.2) is 23.5 Å². The van der Waals surface area contributed by atoms with Crippen molar-refractivity contribution in [2.75, 3.05) is 6.61 Å². The van der Waals surface area contributed by atoms with Crippen LogP contribution < -0.4 is 9.47 Å². The van der Waals surface area contributed by atoms with Gasteiger partial charge in [-0.25, -0.2) is 4.79 Å². The Morgan fingerprint density at radius 2 is 1.63 bits per heavy atom. The molecule has 0 atom stereocenters. The Morgan fingerprint density at radius 3 is 2.43 bits per heavy atom. The molecule has 0 saturated heterocycles. The van der Waals surface area contributed by atoms with E-state index in [-0.39, 0.29) is 18.0 Å². The highest BCUT2D eigenvalue weighted by Gasteiger charge is 2.23. The van der Waals surface area contributed by atoms with Crippen LogP contribution >= 0.6 is 0 Å². The first kappa shape index (κ1) is 19.7. The van der Waals surface area contributed by atoms with Gasteiger partial charge in [0.1, 0.15) is 6.61 Å². The van der Waals surface area contributed by atoms with Gasteiger partial charge in [-0.15, -0.1) is 0 Å². The molecule has 5 heteroatoms. The number of rotatable bonds is 8. The number of ether oxygens (including phenoxy) is 2. The molecule has 0 spiro atoms. The molecule has 0 heterocycles. The summed E-state index contributed by atoms with van der Waals surface area (Å²) in [5.74, 6) is 0.232. The highest BCUT2D eigenvalue weighted by atomic mass is 16.5. The van der Waals surface area contributed by atoms with Crippen LogP contribution in [0, 0.1) is 0 Å². The quantitative estimate of drug-likeness (QED) is 0.591. The van der Waals surface area contributed by atoms with Crippen molar-refractivity contribution < 1.29 is 24.2 Å². The van der Waals surface area contributed by atoms with Gasteiger partial charge in [-0.2, -0.15) is 0 Å². The molecule has 0 fully saturated rings. The number of hydrogen-bond donors (Lipinski definition) is 1. The monoisotopic (exact) mass is 402 g/mol. The fourth-order valence-electron chi connectivity index (χ4n) is 3.56. The number of carbonyl (C=O) groups is 2. The Labute approximate surface area is 174 Å². The minimum absolute atomic E-state index is 0.110. The van der Waals surface area contributed by atoms with Crippen LogP contribution in [0.2, 0.25) is 0 Å². The summed E-state index contributed by atoms with van der Waals surface area (Å²) in [6, 6.07) is 20.3. The number of ketones is 1. The van der Waals surface area contributed by atoms with Crippen molar-refractivity contribution in [2.24, 2.45) is 0 Å². The van der Waals surface area contributed by atoms with E-state index < -0.39 is 5.97 Å². The van der Waals surface area contributed by atoms with Gasteiger partial charge in [-0.05, 0) is 47.4 Å². The Kier molecular flexibility index (Phi) is 5.80. The minimum atomic E-state index is -0.982. The van der Waals surface area contributed by atoms with Gasteiger partial charge < -0.3 is 14.6 Å². The van der Waals surface area contributed by atoms with E-state index in [2.05, 4.69) is 12.1 Å². The number of aryl methyl sites for hydroxylation is 1. The van der Waals surface area contributed by atoms with Gasteiger partial charge in [-0.1, -0.05) is 42.5 Å². The lowest BCUT2D eigenvalue weighted by Gasteiger charge is -2.15. The molecule has 4 rings (SSSR count). The van der Waals surface area contributed by atoms with E-state index in [1.165, 1.54) is 11.6 Å². The molecule has 1 aliphatic carbocycles. The van der Waals surface area contributed by atoms with E-state index in [9.17, 15) is 9.59 Å². The predicted molar refractivity (Wildman–Crippen MR) is 112 cm³/mol. The molecule has 1 N–H and O–H groups in total. The first-order chi connectivity index (χ1) is 14.6. The molecule has 0 aromatic heterocycles. The topological polar surface area (TPSA) is 72.8 Å². The molecule has 3 aromatic rings. The Morgan fingerprint density at radius 1 is 0.867 bits per heavy atom. The van der Waals surface area contributed by atoms with E-state index in [1.54, 1.807) is 24.3 Å². The number of benzene rings is 3. The van der Waals surface area contributed by atoms with Crippen molar-refractivity contribution in [3.8, 4) is 11.5 Å². The molecule has 0 unspecified atom stereocenters. The Bertz CT molecular complexity index is 1070. The lowest BCUT2D eigenvalue weighted by atomic mass is 10.1. The molecular weight excluding hydrogens is 380 g/mol. The predicted octanol–water partition coefficient (Wildman–Crippen LogP) is 4.71. The molecule has 0 radical (unpaired) electrons. The molecule has 0 bridgehead atoms. The lowest BCUT2D eigenvalue weighted by Crippen LogP contribution is -2.06. The van der Waals surface area contributed by atoms with Gasteiger partial charge in [0.2, 0.25) is 0 Å². The summed E-state index contributed by atoms with van der Waals surface area (Å²) in [5.41, 5.74) is 3.79. The summed E-state index contributed by atoms with van der Waals surface area (Å²) in [6.07, 6.45) is 1.98. The summed E-state index contributed by atoms with van der Waals surface area (Å²) >= 11 is 0. The molecule has 3 aromatic carbocycles. The second-order valence-electron chi connectivity index (χ2n) is 7.26. The first-order valence-corrected chi connectivity index (χ1v) is 9.92. The molecule has 0 amide bonds. The molecule has 30 heavy (non-hydrogen) atoms. The zero-order valence-corrected chi connectivity index (χ0v) is 16.5. The third kappa shape index (κ3) is 4.51. The maximum absolute atomic E-state index is 12.2. The van der Waals surface area contributed by atoms with Crippen molar-refractivity contribution >= 4 is 11.8 Å². The maximum Gasteiger partial charge on any atom is 0.335 e. The average molecular weight is 402 g/mol. The van der Waals surface area contributed by atoms with Crippen LogP contribution in [0.1, 0.15) is 43.8 Å². The van der Waals surface area contributed by atoms with Crippen LogP contribution in [-0.2, 0) is 19.4 Å². The van der Waals surface area contributed by atoms with Crippen molar-refractivity contribution in [1.82, 2.24) is 0 Å². The summed E-state index contributed by atoms with van der Waals surface area (Å²) in [4.78, 5) is 23.3. The van der Waals surface area contributed by atoms with Crippen molar-refractivity contribution in [3.05, 3.63) is 94.5 Å². The second-order valence-corrected chi connectivity index (χ2v) is 7.26. The number of carboxylic acid groups (broad SMARTS) is 1. The van der Waals surface area contributed by atoms with Crippen LogP contribution in [0.5, 0.6) is 11.5 Å². The second kappa shape index (κ2) is 8.82. The Balaban J connectivity index is 1.51. The Hall–Kier alpha value is -3.60. The summed E-state index contributed by atoms with van der Waals surface area (Å²) < 4.78 is 12.0. The molecule has 1 aliphatic rings. The van der Waals surface area contributed by atoms with E-state index >= 15 is 0 Å². The van der Waals surface area contributed by atoms with Crippen LogP contribution in [0.15, 0.2) is 66.7 Å². The number of carboxylic acids is 1. The SMILES string of the molecule is O=C(O)c1cccc(COc2cc3c(cc2OCCc2ccccc2)CCC3=O)c1. The number of aromatic carboxylic acids is 1.